The quantitative estimate of drug-likeness (QED) is 0.558. The number of hydrogen-bond acceptors (Lipinski definition) is 5. The van der Waals surface area contributed by atoms with E-state index in [0.29, 0.717) is 17.2 Å². The van der Waals surface area contributed by atoms with Gasteiger partial charge in [0.1, 0.15) is 18.7 Å². The maximum Gasteiger partial charge on any atom is 0.341 e. The average molecular weight is 393 g/mol. The molecule has 0 saturated carbocycles. The SMILES string of the molecule is CCOC(=O)c1cnc2c(C)c(Cl)ccc2c1NCCC[NH+]1CCOCC1. The van der Waals surface area contributed by atoms with E-state index in [-0.39, 0.29) is 5.97 Å². The van der Waals surface area contributed by atoms with E-state index < -0.39 is 0 Å². The first-order valence-corrected chi connectivity index (χ1v) is 9.89. The molecule has 0 radical (unpaired) electrons. The number of aromatic nitrogens is 1. The van der Waals surface area contributed by atoms with E-state index in [0.717, 1.165) is 68.0 Å². The summed E-state index contributed by atoms with van der Waals surface area (Å²) in [5.74, 6) is -0.360. The number of ether oxygens (including phenoxy) is 2. The maximum atomic E-state index is 12.4. The Morgan fingerprint density at radius 2 is 2.15 bits per heavy atom. The maximum absolute atomic E-state index is 12.4. The molecule has 0 unspecified atom stereocenters. The van der Waals surface area contributed by atoms with Gasteiger partial charge in [-0.1, -0.05) is 11.6 Å². The highest BCUT2D eigenvalue weighted by Crippen LogP contribution is 2.31. The number of benzene rings is 1. The van der Waals surface area contributed by atoms with Crippen molar-refractivity contribution >= 4 is 34.2 Å². The molecule has 1 fully saturated rings. The highest BCUT2D eigenvalue weighted by atomic mass is 35.5. The van der Waals surface area contributed by atoms with Gasteiger partial charge in [0.25, 0.3) is 0 Å². The van der Waals surface area contributed by atoms with E-state index in [2.05, 4.69) is 10.3 Å². The summed E-state index contributed by atoms with van der Waals surface area (Å²) < 4.78 is 10.6. The highest BCUT2D eigenvalue weighted by Gasteiger charge is 2.18. The molecule has 1 aliphatic heterocycles. The Labute approximate surface area is 164 Å². The number of quaternary nitrogens is 1. The third-order valence-corrected chi connectivity index (χ3v) is 5.34. The fraction of sp³-hybridized carbons (Fsp3) is 0.500. The van der Waals surface area contributed by atoms with E-state index in [1.807, 2.05) is 19.1 Å². The highest BCUT2D eigenvalue weighted by molar-refractivity contribution is 6.32. The molecule has 2 heterocycles. The minimum atomic E-state index is -0.360. The number of fused-ring (bicyclic) bond motifs is 1. The van der Waals surface area contributed by atoms with Gasteiger partial charge in [0.15, 0.2) is 0 Å². The van der Waals surface area contributed by atoms with Gasteiger partial charge in [-0.05, 0) is 31.5 Å². The number of rotatable bonds is 7. The molecule has 0 spiro atoms. The molecule has 27 heavy (non-hydrogen) atoms. The number of esters is 1. The summed E-state index contributed by atoms with van der Waals surface area (Å²) in [4.78, 5) is 18.4. The first-order valence-electron chi connectivity index (χ1n) is 9.52. The number of halogens is 1. The Morgan fingerprint density at radius 3 is 2.89 bits per heavy atom. The van der Waals surface area contributed by atoms with Crippen LogP contribution in [0.1, 0.15) is 29.3 Å². The van der Waals surface area contributed by atoms with Crippen molar-refractivity contribution in [3.63, 3.8) is 0 Å². The number of carbonyl (C=O) groups is 1. The molecular weight excluding hydrogens is 366 g/mol. The van der Waals surface area contributed by atoms with Crippen molar-refractivity contribution in [3.8, 4) is 0 Å². The topological polar surface area (TPSA) is 64.9 Å². The summed E-state index contributed by atoms with van der Waals surface area (Å²) in [6.07, 6.45) is 2.59. The van der Waals surface area contributed by atoms with Gasteiger partial charge in [-0.3, -0.25) is 4.98 Å². The normalized spacial score (nSPS) is 15.1. The first-order chi connectivity index (χ1) is 13.1. The Balaban J connectivity index is 1.80. The minimum Gasteiger partial charge on any atom is -0.462 e. The molecule has 2 aromatic rings. The summed E-state index contributed by atoms with van der Waals surface area (Å²) >= 11 is 6.24. The predicted octanol–water partition coefficient (Wildman–Crippen LogP) is 2.09. The molecule has 7 heteroatoms. The molecule has 0 atom stereocenters. The van der Waals surface area contributed by atoms with Gasteiger partial charge in [-0.2, -0.15) is 0 Å². The first kappa shape index (κ1) is 19.9. The van der Waals surface area contributed by atoms with Gasteiger partial charge in [0.05, 0.1) is 37.6 Å². The van der Waals surface area contributed by atoms with Crippen molar-refractivity contribution in [3.05, 3.63) is 34.5 Å². The van der Waals surface area contributed by atoms with Gasteiger partial charge in [-0.25, -0.2) is 4.79 Å². The van der Waals surface area contributed by atoms with Crippen LogP contribution in [0.15, 0.2) is 18.3 Å². The second kappa shape index (κ2) is 9.35. The van der Waals surface area contributed by atoms with Gasteiger partial charge in [0.2, 0.25) is 0 Å². The van der Waals surface area contributed by atoms with Crippen LogP contribution in [0.25, 0.3) is 10.9 Å². The van der Waals surface area contributed by atoms with E-state index in [4.69, 9.17) is 21.1 Å². The lowest BCUT2D eigenvalue weighted by Crippen LogP contribution is -3.14. The lowest BCUT2D eigenvalue weighted by molar-refractivity contribution is -0.908. The van der Waals surface area contributed by atoms with E-state index in [1.165, 1.54) is 0 Å². The molecule has 1 aliphatic rings. The zero-order valence-corrected chi connectivity index (χ0v) is 16.7. The molecule has 0 amide bonds. The molecular formula is C20H27ClN3O3+. The number of nitrogens with zero attached hydrogens (tertiary/aromatic N) is 1. The molecule has 0 bridgehead atoms. The number of hydrogen-bond donors (Lipinski definition) is 2. The lowest BCUT2D eigenvalue weighted by Gasteiger charge is -2.24. The smallest absolute Gasteiger partial charge is 0.341 e. The van der Waals surface area contributed by atoms with Crippen LogP contribution in [0.3, 0.4) is 0 Å². The molecule has 6 nitrogen and oxygen atoms in total. The number of anilines is 1. The number of carbonyl (C=O) groups excluding carboxylic acids is 1. The van der Waals surface area contributed by atoms with Crippen LogP contribution >= 0.6 is 11.6 Å². The van der Waals surface area contributed by atoms with Gasteiger partial charge < -0.3 is 19.7 Å². The third kappa shape index (κ3) is 4.69. The van der Waals surface area contributed by atoms with Crippen molar-refractivity contribution in [2.75, 3.05) is 51.3 Å². The van der Waals surface area contributed by atoms with Crippen molar-refractivity contribution in [1.29, 1.82) is 0 Å². The molecule has 0 aliphatic carbocycles. The number of morpholine rings is 1. The fourth-order valence-corrected chi connectivity index (χ4v) is 3.55. The molecule has 2 N–H and O–H groups in total. The summed E-state index contributed by atoms with van der Waals surface area (Å²) in [6, 6.07) is 3.76. The molecule has 1 aromatic heterocycles. The lowest BCUT2D eigenvalue weighted by atomic mass is 10.1. The number of nitrogens with one attached hydrogen (secondary N) is 2. The summed E-state index contributed by atoms with van der Waals surface area (Å²) in [5, 5.41) is 5.01. The van der Waals surface area contributed by atoms with Gasteiger partial charge >= 0.3 is 5.97 Å². The largest absolute Gasteiger partial charge is 0.462 e. The second-order valence-corrected chi connectivity index (χ2v) is 7.14. The monoisotopic (exact) mass is 392 g/mol. The number of pyridine rings is 1. The second-order valence-electron chi connectivity index (χ2n) is 6.73. The number of aryl methyl sites for hydroxylation is 1. The van der Waals surface area contributed by atoms with Crippen molar-refractivity contribution in [1.82, 2.24) is 4.98 Å². The Hall–Kier alpha value is -1.89. The molecule has 146 valence electrons. The standard InChI is InChI=1S/C20H26ClN3O3/c1-3-27-20(25)16-13-23-18-14(2)17(21)6-5-15(18)19(16)22-7-4-8-24-9-11-26-12-10-24/h5-6,13H,3-4,7-12H2,1-2H3,(H,22,23)/p+1. The van der Waals surface area contributed by atoms with Crippen LogP contribution in [-0.2, 0) is 9.47 Å². The van der Waals surface area contributed by atoms with Crippen molar-refractivity contribution in [2.24, 2.45) is 0 Å². The van der Waals surface area contributed by atoms with Crippen LogP contribution in [0.5, 0.6) is 0 Å². The third-order valence-electron chi connectivity index (χ3n) is 4.93. The van der Waals surface area contributed by atoms with E-state index >= 15 is 0 Å². The van der Waals surface area contributed by atoms with Crippen LogP contribution in [0.2, 0.25) is 5.02 Å². The van der Waals surface area contributed by atoms with E-state index in [1.54, 1.807) is 18.0 Å². The minimum absolute atomic E-state index is 0.330. The Kier molecular flexibility index (Phi) is 6.88. The zero-order chi connectivity index (χ0) is 19.2. The molecule has 3 rings (SSSR count). The van der Waals surface area contributed by atoms with Crippen molar-refractivity contribution in [2.45, 2.75) is 20.3 Å². The summed E-state index contributed by atoms with van der Waals surface area (Å²) in [6.45, 7) is 9.72. The Morgan fingerprint density at radius 1 is 1.37 bits per heavy atom. The molecule has 1 aromatic carbocycles. The summed E-state index contributed by atoms with van der Waals surface area (Å²) in [5.41, 5.74) is 2.95. The fourth-order valence-electron chi connectivity index (χ4n) is 3.40. The van der Waals surface area contributed by atoms with Gasteiger partial charge in [-0.15, -0.1) is 0 Å². The predicted molar refractivity (Wildman–Crippen MR) is 107 cm³/mol. The Bertz CT molecular complexity index is 807. The molecule has 1 saturated heterocycles. The summed E-state index contributed by atoms with van der Waals surface area (Å²) in [7, 11) is 0. The van der Waals surface area contributed by atoms with Crippen LogP contribution in [-0.4, -0.2) is 57.0 Å². The van der Waals surface area contributed by atoms with Crippen LogP contribution in [0, 0.1) is 6.92 Å². The van der Waals surface area contributed by atoms with Crippen molar-refractivity contribution < 1.29 is 19.2 Å². The average Bonchev–Trinajstić information content (AvgIpc) is 2.69. The van der Waals surface area contributed by atoms with Crippen LogP contribution < -0.4 is 10.2 Å². The van der Waals surface area contributed by atoms with Crippen LogP contribution in [0.4, 0.5) is 5.69 Å². The zero-order valence-electron chi connectivity index (χ0n) is 15.9. The van der Waals surface area contributed by atoms with E-state index in [9.17, 15) is 4.79 Å². The van der Waals surface area contributed by atoms with Gasteiger partial charge in [0, 0.05) is 29.6 Å².